The first-order valence-electron chi connectivity index (χ1n) is 8.88. The number of carbonyl (C=O) groups is 2. The minimum Gasteiger partial charge on any atom is -0.481 e. The van der Waals surface area contributed by atoms with Gasteiger partial charge >= 0.3 is 5.97 Å². The minimum absolute atomic E-state index is 0.0158. The summed E-state index contributed by atoms with van der Waals surface area (Å²) in [4.78, 5) is 23.5. The lowest BCUT2D eigenvalue weighted by molar-refractivity contribution is -0.137. The molecular weight excluding hydrogens is 408 g/mol. The third-order valence-electron chi connectivity index (χ3n) is 4.59. The monoisotopic (exact) mass is 428 g/mol. The Kier molecular flexibility index (Phi) is 6.06. The predicted molar refractivity (Wildman–Crippen MR) is 108 cm³/mol. The van der Waals surface area contributed by atoms with E-state index < -0.39 is 5.97 Å². The van der Waals surface area contributed by atoms with Crippen molar-refractivity contribution in [3.05, 3.63) is 69.7 Å². The van der Waals surface area contributed by atoms with Crippen LogP contribution in [-0.2, 0) is 9.59 Å². The molecule has 1 aliphatic heterocycles. The van der Waals surface area contributed by atoms with Gasteiger partial charge in [0.05, 0.1) is 11.8 Å². The van der Waals surface area contributed by atoms with Crippen molar-refractivity contribution in [3.63, 3.8) is 0 Å². The Morgan fingerprint density at radius 1 is 1.11 bits per heavy atom. The molecule has 1 unspecified atom stereocenters. The number of benzene rings is 2. The fraction of sp³-hybridized carbons (Fsp3) is 0.286. The molecule has 0 saturated heterocycles. The third-order valence-corrected chi connectivity index (χ3v) is 5.12. The molecule has 5 nitrogen and oxygen atoms in total. The summed E-state index contributed by atoms with van der Waals surface area (Å²) in [5, 5.41) is 14.9. The van der Waals surface area contributed by atoms with Gasteiger partial charge in [0.2, 0.25) is 5.91 Å². The Balaban J connectivity index is 1.85. The van der Waals surface area contributed by atoms with E-state index >= 15 is 0 Å². The zero-order valence-electron chi connectivity index (χ0n) is 15.1. The molecule has 0 saturated carbocycles. The second kappa shape index (κ2) is 8.48. The molecule has 0 spiro atoms. The van der Waals surface area contributed by atoms with Crippen LogP contribution in [0.1, 0.15) is 48.4 Å². The molecule has 1 aliphatic rings. The van der Waals surface area contributed by atoms with E-state index in [2.05, 4.69) is 21.0 Å². The fourth-order valence-electron chi connectivity index (χ4n) is 3.11. The third kappa shape index (κ3) is 4.83. The molecule has 3 rings (SSSR count). The number of hydrogen-bond donors (Lipinski definition) is 1. The molecule has 1 heterocycles. The maximum atomic E-state index is 12.7. The topological polar surface area (TPSA) is 70.0 Å². The average molecular weight is 429 g/mol. The van der Waals surface area contributed by atoms with Gasteiger partial charge < -0.3 is 5.11 Å². The minimum atomic E-state index is -0.890. The second-order valence-electron chi connectivity index (χ2n) is 6.67. The summed E-state index contributed by atoms with van der Waals surface area (Å²) in [5.74, 6) is -1.03. The lowest BCUT2D eigenvalue weighted by atomic mass is 9.97. The summed E-state index contributed by atoms with van der Waals surface area (Å²) in [6.45, 7) is 2.02. The summed E-state index contributed by atoms with van der Waals surface area (Å²) in [6.07, 6.45) is 1.10. The molecule has 6 heteroatoms. The standard InChI is InChI=1S/C21H21BrN2O3/c1-14-5-7-16(8-6-14)19-13-18(15-9-11-17(22)12-10-15)23-24(19)20(25)3-2-4-21(26)27/h5-12,19H,2-4,13H2,1H3,(H,26,27). The van der Waals surface area contributed by atoms with Crippen LogP contribution in [0.4, 0.5) is 0 Å². The molecule has 2 aromatic carbocycles. The SMILES string of the molecule is Cc1ccc(C2CC(c3ccc(Br)cc3)=NN2C(=O)CCCC(=O)O)cc1. The number of aliphatic carboxylic acids is 1. The Labute approximate surface area is 166 Å². The maximum absolute atomic E-state index is 12.7. The average Bonchev–Trinajstić information content (AvgIpc) is 3.08. The molecule has 2 aromatic rings. The van der Waals surface area contributed by atoms with E-state index in [1.54, 1.807) is 0 Å². The van der Waals surface area contributed by atoms with Gasteiger partial charge in [-0.05, 0) is 36.6 Å². The van der Waals surface area contributed by atoms with Gasteiger partial charge in [-0.25, -0.2) is 5.01 Å². The predicted octanol–water partition coefficient (Wildman–Crippen LogP) is 4.69. The van der Waals surface area contributed by atoms with Crippen LogP contribution in [0.15, 0.2) is 58.1 Å². The molecule has 0 bridgehead atoms. The summed E-state index contributed by atoms with van der Waals surface area (Å²) < 4.78 is 0.988. The van der Waals surface area contributed by atoms with Gasteiger partial charge in [-0.15, -0.1) is 0 Å². The summed E-state index contributed by atoms with van der Waals surface area (Å²) in [7, 11) is 0. The molecule has 1 N–H and O–H groups in total. The first kappa shape index (κ1) is 19.3. The van der Waals surface area contributed by atoms with Gasteiger partial charge in [-0.3, -0.25) is 9.59 Å². The summed E-state index contributed by atoms with van der Waals surface area (Å²) >= 11 is 3.43. The zero-order valence-corrected chi connectivity index (χ0v) is 16.6. The Bertz CT molecular complexity index is 860. The van der Waals surface area contributed by atoms with Crippen molar-refractivity contribution in [1.82, 2.24) is 5.01 Å². The largest absolute Gasteiger partial charge is 0.481 e. The van der Waals surface area contributed by atoms with Gasteiger partial charge in [0.1, 0.15) is 0 Å². The van der Waals surface area contributed by atoms with Crippen LogP contribution < -0.4 is 0 Å². The molecule has 0 radical (unpaired) electrons. The number of hydrogen-bond acceptors (Lipinski definition) is 3. The Morgan fingerprint density at radius 3 is 2.41 bits per heavy atom. The molecular formula is C21H21BrN2O3. The van der Waals surface area contributed by atoms with E-state index in [0.29, 0.717) is 12.8 Å². The first-order chi connectivity index (χ1) is 12.9. The van der Waals surface area contributed by atoms with E-state index in [0.717, 1.165) is 26.9 Å². The van der Waals surface area contributed by atoms with E-state index in [1.165, 1.54) is 5.01 Å². The van der Waals surface area contributed by atoms with Crippen molar-refractivity contribution in [2.24, 2.45) is 5.10 Å². The number of aryl methyl sites for hydroxylation is 1. The summed E-state index contributed by atoms with van der Waals surface area (Å²) in [5.41, 5.74) is 4.03. The number of rotatable bonds is 6. The zero-order chi connectivity index (χ0) is 19.4. The van der Waals surface area contributed by atoms with Crippen molar-refractivity contribution < 1.29 is 14.7 Å². The van der Waals surface area contributed by atoms with Crippen LogP contribution in [-0.4, -0.2) is 27.7 Å². The molecule has 0 fully saturated rings. The van der Waals surface area contributed by atoms with Crippen molar-refractivity contribution in [2.45, 2.75) is 38.6 Å². The van der Waals surface area contributed by atoms with Crippen molar-refractivity contribution in [3.8, 4) is 0 Å². The highest BCUT2D eigenvalue weighted by atomic mass is 79.9. The van der Waals surface area contributed by atoms with Crippen LogP contribution in [0.25, 0.3) is 0 Å². The van der Waals surface area contributed by atoms with Crippen molar-refractivity contribution in [1.29, 1.82) is 0 Å². The lowest BCUT2D eigenvalue weighted by Crippen LogP contribution is -2.27. The highest BCUT2D eigenvalue weighted by molar-refractivity contribution is 9.10. The van der Waals surface area contributed by atoms with Crippen LogP contribution in [0.2, 0.25) is 0 Å². The van der Waals surface area contributed by atoms with Crippen molar-refractivity contribution in [2.75, 3.05) is 0 Å². The number of carboxylic acids is 1. The fourth-order valence-corrected chi connectivity index (χ4v) is 3.37. The van der Waals surface area contributed by atoms with E-state index in [9.17, 15) is 9.59 Å². The van der Waals surface area contributed by atoms with Crippen molar-refractivity contribution >= 4 is 33.5 Å². The molecule has 27 heavy (non-hydrogen) atoms. The molecule has 1 atom stereocenters. The van der Waals surface area contributed by atoms with Crippen LogP contribution in [0.5, 0.6) is 0 Å². The van der Waals surface area contributed by atoms with Gasteiger partial charge in [0, 0.05) is 23.7 Å². The molecule has 1 amide bonds. The van der Waals surface area contributed by atoms with Crippen LogP contribution >= 0.6 is 15.9 Å². The van der Waals surface area contributed by atoms with Gasteiger partial charge in [-0.1, -0.05) is 57.9 Å². The molecule has 0 aliphatic carbocycles. The molecule has 0 aromatic heterocycles. The number of halogens is 1. The normalized spacial score (nSPS) is 16.3. The van der Waals surface area contributed by atoms with E-state index in [1.807, 2.05) is 55.5 Å². The van der Waals surface area contributed by atoms with Crippen LogP contribution in [0.3, 0.4) is 0 Å². The first-order valence-corrected chi connectivity index (χ1v) is 9.67. The number of hydrazone groups is 1. The molecule has 140 valence electrons. The summed E-state index contributed by atoms with van der Waals surface area (Å²) in [6, 6.07) is 15.8. The quantitative estimate of drug-likeness (QED) is 0.725. The number of carboxylic acid groups (broad SMARTS) is 1. The number of amides is 1. The highest BCUT2D eigenvalue weighted by Crippen LogP contribution is 2.33. The van der Waals surface area contributed by atoms with Crippen LogP contribution in [0, 0.1) is 6.92 Å². The lowest BCUT2D eigenvalue weighted by Gasteiger charge is -2.22. The smallest absolute Gasteiger partial charge is 0.303 e. The Morgan fingerprint density at radius 2 is 1.78 bits per heavy atom. The van der Waals surface area contributed by atoms with Gasteiger partial charge in [-0.2, -0.15) is 5.10 Å². The van der Waals surface area contributed by atoms with Gasteiger partial charge in [0.15, 0.2) is 0 Å². The number of nitrogens with zero attached hydrogens (tertiary/aromatic N) is 2. The van der Waals surface area contributed by atoms with E-state index in [4.69, 9.17) is 5.11 Å². The maximum Gasteiger partial charge on any atom is 0.303 e. The van der Waals surface area contributed by atoms with E-state index in [-0.39, 0.29) is 24.8 Å². The number of carbonyl (C=O) groups excluding carboxylic acids is 1. The Hall–Kier alpha value is -2.47. The van der Waals surface area contributed by atoms with Gasteiger partial charge in [0.25, 0.3) is 0 Å². The highest BCUT2D eigenvalue weighted by Gasteiger charge is 2.32. The second-order valence-corrected chi connectivity index (χ2v) is 7.59.